The lowest BCUT2D eigenvalue weighted by Crippen LogP contribution is -2.55. The van der Waals surface area contributed by atoms with Crippen LogP contribution in [0.5, 0.6) is 0 Å². The molecule has 47 heavy (non-hydrogen) atoms. The molecule has 2 atom stereocenters. The Morgan fingerprint density at radius 3 is 2.13 bits per heavy atom. The normalized spacial score (nSPS) is 12.5. The third-order valence-electron chi connectivity index (χ3n) is 7.31. The number of halogens is 1. The van der Waals surface area contributed by atoms with Crippen LogP contribution in [0.25, 0.3) is 10.8 Å². The number of nitrogens with one attached hydrogen (secondary N) is 4. The first-order chi connectivity index (χ1) is 22.5. The lowest BCUT2D eigenvalue weighted by atomic mass is 10.0. The minimum Gasteiger partial charge on any atom is -0.350 e. The van der Waals surface area contributed by atoms with E-state index in [9.17, 15) is 23.6 Å². The highest BCUT2D eigenvalue weighted by atomic mass is 19.1. The second-order valence-electron chi connectivity index (χ2n) is 12.3. The van der Waals surface area contributed by atoms with Crippen molar-refractivity contribution in [3.05, 3.63) is 120 Å². The number of amides is 4. The number of hydroxylamine groups is 1. The van der Waals surface area contributed by atoms with Crippen LogP contribution in [-0.4, -0.2) is 41.3 Å². The van der Waals surface area contributed by atoms with Gasteiger partial charge in [-0.3, -0.25) is 24.0 Å². The van der Waals surface area contributed by atoms with Crippen LogP contribution in [0.3, 0.4) is 0 Å². The van der Waals surface area contributed by atoms with Crippen LogP contribution in [0.15, 0.2) is 97.1 Å². The van der Waals surface area contributed by atoms with E-state index in [1.807, 2.05) is 72.8 Å². The van der Waals surface area contributed by atoms with Crippen LogP contribution in [-0.2, 0) is 43.4 Å². The molecule has 0 aliphatic carbocycles. The first-order valence-corrected chi connectivity index (χ1v) is 15.6. The maximum Gasteiger partial charge on any atom is 0.246 e. The fourth-order valence-corrected chi connectivity index (χ4v) is 4.91. The first-order valence-electron chi connectivity index (χ1n) is 15.6. The highest BCUT2D eigenvalue weighted by Crippen LogP contribution is 2.18. The Kier molecular flexibility index (Phi) is 12.2. The summed E-state index contributed by atoms with van der Waals surface area (Å²) < 4.78 is 13.6. The van der Waals surface area contributed by atoms with Gasteiger partial charge < -0.3 is 16.0 Å². The summed E-state index contributed by atoms with van der Waals surface area (Å²) in [5, 5.41) is 10.3. The van der Waals surface area contributed by atoms with E-state index < -0.39 is 53.6 Å². The average molecular weight is 641 g/mol. The van der Waals surface area contributed by atoms with Crippen LogP contribution in [0, 0.1) is 5.82 Å². The number of rotatable bonds is 14. The summed E-state index contributed by atoms with van der Waals surface area (Å²) in [7, 11) is 0. The van der Waals surface area contributed by atoms with Crippen LogP contribution >= 0.6 is 0 Å². The summed E-state index contributed by atoms with van der Waals surface area (Å²) in [5.74, 6) is -2.70. The standard InChI is InChI=1S/C37H41FN4O5/c1-37(2,3)47-42-34(44)23-32(40-33(43)21-18-25-10-5-4-6-11-25)36(46)41-31(22-26-16-19-29(38)20-17-26)35(45)39-24-28-14-9-13-27-12-7-8-15-30(27)28/h4-17,19-20,31-32H,18,21-24H2,1-3H3,(H,39,45)(H,40,43)(H,41,46)(H,42,44)/t31-,32-/m0/s1. The molecule has 246 valence electrons. The molecule has 0 radical (unpaired) electrons. The lowest BCUT2D eigenvalue weighted by molar-refractivity contribution is -0.147. The molecule has 0 aliphatic heterocycles. The van der Waals surface area contributed by atoms with Gasteiger partial charge in [-0.1, -0.05) is 84.9 Å². The zero-order valence-electron chi connectivity index (χ0n) is 26.8. The Labute approximate surface area is 274 Å². The number of fused-ring (bicyclic) bond motifs is 1. The van der Waals surface area contributed by atoms with E-state index in [1.54, 1.807) is 20.8 Å². The van der Waals surface area contributed by atoms with E-state index >= 15 is 0 Å². The quantitative estimate of drug-likeness (QED) is 0.149. The molecule has 0 fully saturated rings. The minimum absolute atomic E-state index is 0.0431. The third-order valence-corrected chi connectivity index (χ3v) is 7.31. The summed E-state index contributed by atoms with van der Waals surface area (Å²) in [6, 6.07) is 26.2. The Hall–Kier alpha value is -5.09. The zero-order chi connectivity index (χ0) is 33.8. The monoisotopic (exact) mass is 640 g/mol. The van der Waals surface area contributed by atoms with Crippen molar-refractivity contribution in [3.63, 3.8) is 0 Å². The maximum absolute atomic E-state index is 13.7. The second kappa shape index (κ2) is 16.5. The molecule has 0 saturated carbocycles. The highest BCUT2D eigenvalue weighted by molar-refractivity contribution is 5.95. The molecule has 0 bridgehead atoms. The number of hydrogen-bond donors (Lipinski definition) is 4. The first kappa shape index (κ1) is 34.8. The smallest absolute Gasteiger partial charge is 0.246 e. The van der Waals surface area contributed by atoms with Crippen molar-refractivity contribution in [3.8, 4) is 0 Å². The number of benzene rings is 4. The van der Waals surface area contributed by atoms with E-state index in [2.05, 4.69) is 21.4 Å². The summed E-state index contributed by atoms with van der Waals surface area (Å²) in [6.07, 6.45) is 0.129. The predicted octanol–water partition coefficient (Wildman–Crippen LogP) is 4.68. The molecule has 4 aromatic carbocycles. The zero-order valence-corrected chi connectivity index (χ0v) is 26.8. The molecule has 4 rings (SSSR count). The van der Waals surface area contributed by atoms with Crippen molar-refractivity contribution in [2.45, 2.75) is 70.7 Å². The molecule has 0 spiro atoms. The number of aryl methyl sites for hydroxylation is 1. The third kappa shape index (κ3) is 11.3. The molecule has 4 aromatic rings. The molecular formula is C37H41FN4O5. The minimum atomic E-state index is -1.30. The second-order valence-corrected chi connectivity index (χ2v) is 12.3. The van der Waals surface area contributed by atoms with E-state index in [1.165, 1.54) is 24.3 Å². The van der Waals surface area contributed by atoms with Crippen LogP contribution in [0.1, 0.15) is 50.3 Å². The molecule has 0 unspecified atom stereocenters. The Bertz CT molecular complexity index is 1670. The fraction of sp³-hybridized carbons (Fsp3) is 0.297. The van der Waals surface area contributed by atoms with Gasteiger partial charge in [0.2, 0.25) is 23.6 Å². The topological polar surface area (TPSA) is 126 Å². The fourth-order valence-electron chi connectivity index (χ4n) is 4.91. The molecule has 4 N–H and O–H groups in total. The van der Waals surface area contributed by atoms with Crippen LogP contribution in [0.4, 0.5) is 4.39 Å². The van der Waals surface area contributed by atoms with Crippen molar-refractivity contribution in [1.29, 1.82) is 0 Å². The SMILES string of the molecule is CC(C)(C)ONC(=O)C[C@H](NC(=O)CCc1ccccc1)C(=O)N[C@@H](Cc1ccc(F)cc1)C(=O)NCc1cccc2ccccc12. The van der Waals surface area contributed by atoms with Crippen LogP contribution < -0.4 is 21.4 Å². The maximum atomic E-state index is 13.7. The molecule has 0 saturated heterocycles. The Morgan fingerprint density at radius 1 is 0.723 bits per heavy atom. The van der Waals surface area contributed by atoms with E-state index in [-0.39, 0.29) is 19.4 Å². The van der Waals surface area contributed by atoms with E-state index in [4.69, 9.17) is 4.84 Å². The molecule has 0 aromatic heterocycles. The number of hydrogen-bond acceptors (Lipinski definition) is 5. The van der Waals surface area contributed by atoms with Gasteiger partial charge in [-0.2, -0.15) is 0 Å². The molecule has 0 heterocycles. The Morgan fingerprint density at radius 2 is 1.40 bits per heavy atom. The van der Waals surface area contributed by atoms with Crippen molar-refractivity contribution < 1.29 is 28.4 Å². The largest absolute Gasteiger partial charge is 0.350 e. The summed E-state index contributed by atoms with van der Waals surface area (Å²) >= 11 is 0. The highest BCUT2D eigenvalue weighted by Gasteiger charge is 2.29. The van der Waals surface area contributed by atoms with Gasteiger partial charge in [0.1, 0.15) is 17.9 Å². The van der Waals surface area contributed by atoms with Gasteiger partial charge in [-0.25, -0.2) is 9.87 Å². The molecule has 0 aliphatic rings. The van der Waals surface area contributed by atoms with Gasteiger partial charge in [0.25, 0.3) is 0 Å². The Balaban J connectivity index is 1.50. The summed E-state index contributed by atoms with van der Waals surface area (Å²) in [6.45, 7) is 5.45. The van der Waals surface area contributed by atoms with Gasteiger partial charge in [-0.15, -0.1) is 0 Å². The van der Waals surface area contributed by atoms with Gasteiger partial charge in [0.15, 0.2) is 0 Å². The summed E-state index contributed by atoms with van der Waals surface area (Å²) in [4.78, 5) is 58.4. The summed E-state index contributed by atoms with van der Waals surface area (Å²) in [5.41, 5.74) is 4.09. The lowest BCUT2D eigenvalue weighted by Gasteiger charge is -2.24. The van der Waals surface area contributed by atoms with Gasteiger partial charge >= 0.3 is 0 Å². The van der Waals surface area contributed by atoms with Gasteiger partial charge in [0.05, 0.1) is 12.0 Å². The number of carbonyl (C=O) groups excluding carboxylic acids is 4. The van der Waals surface area contributed by atoms with E-state index in [0.717, 1.165) is 21.9 Å². The van der Waals surface area contributed by atoms with Crippen molar-refractivity contribution in [2.75, 3.05) is 0 Å². The predicted molar refractivity (Wildman–Crippen MR) is 178 cm³/mol. The van der Waals surface area contributed by atoms with Crippen molar-refractivity contribution in [1.82, 2.24) is 21.4 Å². The number of carbonyl (C=O) groups is 4. The average Bonchev–Trinajstić information content (AvgIpc) is 3.05. The van der Waals surface area contributed by atoms with Crippen molar-refractivity contribution in [2.24, 2.45) is 0 Å². The van der Waals surface area contributed by atoms with Crippen molar-refractivity contribution >= 4 is 34.4 Å². The molecule has 9 nitrogen and oxygen atoms in total. The van der Waals surface area contributed by atoms with Crippen LogP contribution in [0.2, 0.25) is 0 Å². The van der Waals surface area contributed by atoms with E-state index in [0.29, 0.717) is 12.0 Å². The molecular weight excluding hydrogens is 599 g/mol. The molecule has 10 heteroatoms. The van der Waals surface area contributed by atoms with Gasteiger partial charge in [-0.05, 0) is 66.8 Å². The molecule has 4 amide bonds. The van der Waals surface area contributed by atoms with Gasteiger partial charge in [0, 0.05) is 19.4 Å².